The molecular formula is C18H20N4O6S. The van der Waals surface area contributed by atoms with Gasteiger partial charge >= 0.3 is 5.97 Å². The molecule has 2 saturated heterocycles. The average Bonchev–Trinajstić information content (AvgIpc) is 2.84. The Morgan fingerprint density at radius 2 is 1.97 bits per heavy atom. The Balaban J connectivity index is 1.94. The second-order valence-electron chi connectivity index (χ2n) is 7.23. The molecule has 154 valence electrons. The zero-order chi connectivity index (χ0) is 21.4. The number of amides is 4. The third-order valence-corrected chi connectivity index (χ3v) is 6.44. The van der Waals surface area contributed by atoms with E-state index < -0.39 is 33.7 Å². The van der Waals surface area contributed by atoms with E-state index in [-0.39, 0.29) is 18.7 Å². The molecule has 0 aliphatic carbocycles. The van der Waals surface area contributed by atoms with Crippen molar-refractivity contribution in [1.82, 2.24) is 20.7 Å². The Kier molecular flexibility index (Phi) is 5.26. The van der Waals surface area contributed by atoms with Gasteiger partial charge in [0.25, 0.3) is 5.91 Å². The van der Waals surface area contributed by atoms with E-state index in [4.69, 9.17) is 0 Å². The number of aliphatic carboxylic acids is 1. The number of hydrogen-bond acceptors (Lipinski definition) is 6. The van der Waals surface area contributed by atoms with Gasteiger partial charge in [-0.2, -0.15) is 0 Å². The van der Waals surface area contributed by atoms with Crippen LogP contribution < -0.4 is 10.7 Å². The Morgan fingerprint density at radius 1 is 1.31 bits per heavy atom. The summed E-state index contributed by atoms with van der Waals surface area (Å²) in [5, 5.41) is 13.1. The molecule has 3 atom stereocenters. The summed E-state index contributed by atoms with van der Waals surface area (Å²) < 4.78 is -0.848. The minimum Gasteiger partial charge on any atom is -0.480 e. The number of benzene rings is 1. The Morgan fingerprint density at radius 3 is 2.48 bits per heavy atom. The summed E-state index contributed by atoms with van der Waals surface area (Å²) in [6.07, 6.45) is 0.502. The molecule has 3 N–H and O–H groups in total. The van der Waals surface area contributed by atoms with Crippen LogP contribution in [0.1, 0.15) is 31.9 Å². The molecule has 10 nitrogen and oxygen atoms in total. The van der Waals surface area contributed by atoms with E-state index in [0.717, 1.165) is 5.01 Å². The summed E-state index contributed by atoms with van der Waals surface area (Å²) in [5.41, 5.74) is 2.60. The lowest BCUT2D eigenvalue weighted by Crippen LogP contribution is -2.71. The number of rotatable bonds is 8. The minimum atomic E-state index is -1.23. The number of carboxylic acids is 1. The van der Waals surface area contributed by atoms with Gasteiger partial charge in [0, 0.05) is 4.75 Å². The van der Waals surface area contributed by atoms with Crippen molar-refractivity contribution in [3.8, 4) is 0 Å². The van der Waals surface area contributed by atoms with Crippen molar-refractivity contribution in [2.45, 2.75) is 42.1 Å². The van der Waals surface area contributed by atoms with E-state index >= 15 is 0 Å². The predicted molar refractivity (Wildman–Crippen MR) is 102 cm³/mol. The second kappa shape index (κ2) is 7.39. The normalized spacial score (nSPS) is 25.2. The van der Waals surface area contributed by atoms with Crippen LogP contribution >= 0.6 is 11.8 Å². The number of nitrogens with zero attached hydrogens (tertiary/aromatic N) is 2. The SMILES string of the molecule is CC1(C)SC2(NC(=O)[C@@H](c3ccccc3)N(C=O)NC=O)CC(=O)N2[C@H]1C(=O)O. The van der Waals surface area contributed by atoms with Crippen LogP contribution in [-0.2, 0) is 24.0 Å². The molecule has 4 amide bonds. The predicted octanol–water partition coefficient (Wildman–Crippen LogP) is -0.172. The maximum Gasteiger partial charge on any atom is 0.327 e. The highest BCUT2D eigenvalue weighted by molar-refractivity contribution is 8.02. The summed E-state index contributed by atoms with van der Waals surface area (Å²) in [4.78, 5) is 59.4. The monoisotopic (exact) mass is 420 g/mol. The first-order valence-corrected chi connectivity index (χ1v) is 9.54. The number of carbonyl (C=O) groups is 5. The number of carbonyl (C=O) groups excluding carboxylic acids is 4. The second-order valence-corrected chi connectivity index (χ2v) is 9.16. The van der Waals surface area contributed by atoms with Crippen LogP contribution in [-0.4, -0.2) is 61.4 Å². The quantitative estimate of drug-likeness (QED) is 0.302. The molecule has 1 aromatic carbocycles. The molecule has 2 fully saturated rings. The Bertz CT molecular complexity index is 863. The van der Waals surface area contributed by atoms with Gasteiger partial charge in [0.05, 0.1) is 6.42 Å². The fraction of sp³-hybridized carbons (Fsp3) is 0.389. The Labute approximate surface area is 170 Å². The number of hydrogen-bond donors (Lipinski definition) is 3. The van der Waals surface area contributed by atoms with Crippen molar-refractivity contribution in [2.24, 2.45) is 0 Å². The highest BCUT2D eigenvalue weighted by Crippen LogP contribution is 2.57. The lowest BCUT2D eigenvalue weighted by molar-refractivity contribution is -0.167. The van der Waals surface area contributed by atoms with E-state index in [0.29, 0.717) is 12.0 Å². The van der Waals surface area contributed by atoms with E-state index in [1.807, 2.05) is 0 Å². The molecule has 0 bridgehead atoms. The average molecular weight is 420 g/mol. The molecule has 0 spiro atoms. The lowest BCUT2D eigenvalue weighted by Gasteiger charge is -2.48. The van der Waals surface area contributed by atoms with Crippen molar-refractivity contribution >= 4 is 42.4 Å². The van der Waals surface area contributed by atoms with E-state index in [2.05, 4.69) is 10.7 Å². The maximum atomic E-state index is 13.2. The summed E-state index contributed by atoms with van der Waals surface area (Å²) >= 11 is 1.17. The third-order valence-electron chi connectivity index (χ3n) is 4.91. The first-order valence-electron chi connectivity index (χ1n) is 8.72. The number of carboxylic acid groups (broad SMARTS) is 1. The van der Waals surface area contributed by atoms with Crippen LogP contribution in [0.3, 0.4) is 0 Å². The van der Waals surface area contributed by atoms with Gasteiger partial charge in [-0.15, -0.1) is 11.8 Å². The Hall–Kier alpha value is -3.08. The van der Waals surface area contributed by atoms with Gasteiger partial charge < -0.3 is 10.4 Å². The van der Waals surface area contributed by atoms with Gasteiger partial charge in [0.1, 0.15) is 6.04 Å². The van der Waals surface area contributed by atoms with Gasteiger partial charge in [-0.1, -0.05) is 30.3 Å². The van der Waals surface area contributed by atoms with Gasteiger partial charge in [0.15, 0.2) is 11.0 Å². The van der Waals surface area contributed by atoms with Gasteiger partial charge in [-0.25, -0.2) is 9.80 Å². The highest BCUT2D eigenvalue weighted by atomic mass is 32.2. The zero-order valence-corrected chi connectivity index (χ0v) is 16.5. The molecule has 1 unspecified atom stereocenters. The molecule has 11 heteroatoms. The number of hydrazine groups is 1. The van der Waals surface area contributed by atoms with Crippen molar-refractivity contribution in [3.63, 3.8) is 0 Å². The van der Waals surface area contributed by atoms with Crippen molar-refractivity contribution in [3.05, 3.63) is 35.9 Å². The molecule has 0 radical (unpaired) electrons. The highest BCUT2D eigenvalue weighted by Gasteiger charge is 2.68. The van der Waals surface area contributed by atoms with E-state index in [1.54, 1.807) is 44.2 Å². The van der Waals surface area contributed by atoms with E-state index in [9.17, 15) is 29.1 Å². The van der Waals surface area contributed by atoms with Crippen LogP contribution in [0.2, 0.25) is 0 Å². The fourth-order valence-electron chi connectivity index (χ4n) is 3.82. The van der Waals surface area contributed by atoms with Crippen LogP contribution in [0, 0.1) is 0 Å². The van der Waals surface area contributed by atoms with Gasteiger partial charge in [-0.05, 0) is 19.4 Å². The van der Waals surface area contributed by atoms with Gasteiger partial charge in [-0.3, -0.25) is 29.5 Å². The molecule has 2 heterocycles. The molecule has 2 aliphatic heterocycles. The lowest BCUT2D eigenvalue weighted by atomic mass is 9.96. The smallest absolute Gasteiger partial charge is 0.327 e. The first kappa shape index (κ1) is 20.6. The summed E-state index contributed by atoms with van der Waals surface area (Å²) in [6.45, 7) is 3.38. The molecule has 0 aromatic heterocycles. The van der Waals surface area contributed by atoms with Crippen LogP contribution in [0.15, 0.2) is 30.3 Å². The van der Waals surface area contributed by atoms with Crippen molar-refractivity contribution < 1.29 is 29.1 Å². The largest absolute Gasteiger partial charge is 0.480 e. The standard InChI is InChI=1S/C18H20N4O6S/c1-17(2)14(16(27)28)22-12(25)8-18(22,29-17)20-15(26)13(21(10-24)19-9-23)11-6-4-3-5-7-11/h3-7,9-10,13-14H,8H2,1-2H3,(H,19,23)(H,20,26)(H,27,28)/t13-,14+,18?/m1/s1. The molecule has 2 aliphatic rings. The molecule has 3 rings (SSSR count). The van der Waals surface area contributed by atoms with Crippen molar-refractivity contribution in [2.75, 3.05) is 0 Å². The van der Waals surface area contributed by atoms with Crippen LogP contribution in [0.4, 0.5) is 0 Å². The molecule has 29 heavy (non-hydrogen) atoms. The van der Waals surface area contributed by atoms with Crippen LogP contribution in [0.5, 0.6) is 0 Å². The molecule has 1 aromatic rings. The summed E-state index contributed by atoms with van der Waals surface area (Å²) in [7, 11) is 0. The molecule has 0 saturated carbocycles. The third kappa shape index (κ3) is 3.41. The van der Waals surface area contributed by atoms with Crippen LogP contribution in [0.25, 0.3) is 0 Å². The van der Waals surface area contributed by atoms with E-state index in [1.165, 1.54) is 16.7 Å². The number of fused-ring (bicyclic) bond motifs is 1. The summed E-state index contributed by atoms with van der Waals surface area (Å²) in [6, 6.07) is 5.98. The first-order chi connectivity index (χ1) is 13.7. The topological polar surface area (TPSA) is 136 Å². The summed E-state index contributed by atoms with van der Waals surface area (Å²) in [5.74, 6) is -2.21. The molecular weight excluding hydrogens is 400 g/mol. The number of nitrogens with one attached hydrogen (secondary N) is 2. The number of thioether (sulfide) groups is 1. The zero-order valence-electron chi connectivity index (χ0n) is 15.7. The van der Waals surface area contributed by atoms with Crippen molar-refractivity contribution in [1.29, 1.82) is 0 Å². The minimum absolute atomic E-state index is 0.0691. The number of β-lactam (4-membered cyclic amide) rings is 1. The fourth-order valence-corrected chi connectivity index (χ4v) is 5.67. The maximum absolute atomic E-state index is 13.2. The van der Waals surface area contributed by atoms with Gasteiger partial charge in [0.2, 0.25) is 18.7 Å².